The van der Waals surface area contributed by atoms with Gasteiger partial charge in [-0.05, 0) is 31.9 Å². The lowest BCUT2D eigenvalue weighted by atomic mass is 10.1. The molecule has 0 aliphatic heterocycles. The van der Waals surface area contributed by atoms with Gasteiger partial charge in [-0.2, -0.15) is 0 Å². The van der Waals surface area contributed by atoms with Crippen LogP contribution in [0.1, 0.15) is 36.2 Å². The summed E-state index contributed by atoms with van der Waals surface area (Å²) in [4.78, 5) is 23.0. The molecule has 17 heavy (non-hydrogen) atoms. The molecule has 0 aliphatic rings. The van der Waals surface area contributed by atoms with Gasteiger partial charge in [0, 0.05) is 11.6 Å². The average molecular weight is 234 g/mol. The average Bonchev–Trinajstić information content (AvgIpc) is 2.35. The number of benzene rings is 1. The summed E-state index contributed by atoms with van der Waals surface area (Å²) < 4.78 is 0. The third kappa shape index (κ3) is 3.39. The molecule has 0 spiro atoms. The Labute approximate surface area is 102 Å². The molecule has 0 saturated carbocycles. The molecule has 0 heterocycles. The Morgan fingerprint density at radius 2 is 2.12 bits per heavy atom. The maximum Gasteiger partial charge on any atom is 0.275 e. The largest absolute Gasteiger partial charge is 0.277 e. The molecular formula is C13H18N2O2. The predicted molar refractivity (Wildman–Crippen MR) is 66.3 cm³/mol. The van der Waals surface area contributed by atoms with Gasteiger partial charge in [0.25, 0.3) is 5.91 Å². The minimum absolute atomic E-state index is 0.0770. The van der Waals surface area contributed by atoms with Crippen LogP contribution in [0.3, 0.4) is 0 Å². The van der Waals surface area contributed by atoms with Crippen LogP contribution in [0, 0.1) is 6.92 Å². The third-order valence-electron chi connectivity index (χ3n) is 2.67. The molecule has 92 valence electrons. The first-order valence-corrected chi connectivity index (χ1v) is 5.70. The molecule has 4 heteroatoms. The quantitative estimate of drug-likeness (QED) is 0.625. The van der Waals surface area contributed by atoms with E-state index in [9.17, 15) is 9.59 Å². The molecule has 1 N–H and O–H groups in total. The SMILES string of the molecule is CCC(C)NN(C=O)C(=O)c1ccccc1C. The molecule has 0 saturated heterocycles. The van der Waals surface area contributed by atoms with Crippen LogP contribution in [0.2, 0.25) is 0 Å². The zero-order chi connectivity index (χ0) is 12.8. The van der Waals surface area contributed by atoms with E-state index < -0.39 is 0 Å². The van der Waals surface area contributed by atoms with E-state index in [1.807, 2.05) is 32.9 Å². The zero-order valence-corrected chi connectivity index (χ0v) is 10.4. The van der Waals surface area contributed by atoms with E-state index in [1.54, 1.807) is 12.1 Å². The Balaban J connectivity index is 2.87. The number of hydrogen-bond acceptors (Lipinski definition) is 3. The van der Waals surface area contributed by atoms with Crippen LogP contribution >= 0.6 is 0 Å². The number of amides is 2. The van der Waals surface area contributed by atoms with E-state index >= 15 is 0 Å². The van der Waals surface area contributed by atoms with E-state index in [0.29, 0.717) is 12.0 Å². The van der Waals surface area contributed by atoms with Crippen molar-refractivity contribution in [2.24, 2.45) is 0 Å². The minimum atomic E-state index is -0.321. The van der Waals surface area contributed by atoms with Crippen LogP contribution in [0.4, 0.5) is 0 Å². The number of rotatable bonds is 5. The van der Waals surface area contributed by atoms with E-state index in [-0.39, 0.29) is 11.9 Å². The number of carbonyl (C=O) groups excluding carboxylic acids is 2. The number of aryl methyl sites for hydroxylation is 1. The number of hydrazine groups is 1. The zero-order valence-electron chi connectivity index (χ0n) is 10.4. The second kappa shape index (κ2) is 6.15. The van der Waals surface area contributed by atoms with E-state index in [0.717, 1.165) is 17.0 Å². The van der Waals surface area contributed by atoms with Crippen LogP contribution in [-0.2, 0) is 4.79 Å². The van der Waals surface area contributed by atoms with Crippen LogP contribution in [-0.4, -0.2) is 23.4 Å². The summed E-state index contributed by atoms with van der Waals surface area (Å²) in [5.41, 5.74) is 4.25. The molecule has 0 aromatic heterocycles. The highest BCUT2D eigenvalue weighted by Crippen LogP contribution is 2.09. The van der Waals surface area contributed by atoms with Crippen molar-refractivity contribution in [3.8, 4) is 0 Å². The second-order valence-electron chi connectivity index (χ2n) is 4.03. The maximum atomic E-state index is 12.1. The lowest BCUT2D eigenvalue weighted by molar-refractivity contribution is -0.118. The second-order valence-corrected chi connectivity index (χ2v) is 4.03. The fraction of sp³-hybridized carbons (Fsp3) is 0.385. The van der Waals surface area contributed by atoms with Crippen LogP contribution < -0.4 is 5.43 Å². The number of imide groups is 1. The lowest BCUT2D eigenvalue weighted by Gasteiger charge is -2.21. The van der Waals surface area contributed by atoms with Crippen molar-refractivity contribution in [2.75, 3.05) is 0 Å². The van der Waals surface area contributed by atoms with Gasteiger partial charge in [-0.3, -0.25) is 9.59 Å². The summed E-state index contributed by atoms with van der Waals surface area (Å²) in [6, 6.07) is 7.28. The molecule has 0 bridgehead atoms. The standard InChI is InChI=1S/C13H18N2O2/c1-4-11(3)14-15(9-16)13(17)12-8-6-5-7-10(12)2/h5-9,11,14H,4H2,1-3H3. The molecule has 1 rings (SSSR count). The minimum Gasteiger partial charge on any atom is -0.277 e. The Morgan fingerprint density at radius 3 is 2.65 bits per heavy atom. The van der Waals surface area contributed by atoms with Gasteiger partial charge in [0.2, 0.25) is 6.41 Å². The van der Waals surface area contributed by atoms with Gasteiger partial charge in [-0.25, -0.2) is 10.4 Å². The van der Waals surface area contributed by atoms with Crippen LogP contribution in [0.15, 0.2) is 24.3 Å². The number of nitrogens with zero attached hydrogens (tertiary/aromatic N) is 1. The molecule has 0 fully saturated rings. The molecular weight excluding hydrogens is 216 g/mol. The Bertz CT molecular complexity index is 404. The highest BCUT2D eigenvalue weighted by atomic mass is 16.2. The first kappa shape index (κ1) is 13.4. The fourth-order valence-corrected chi connectivity index (χ4v) is 1.41. The summed E-state index contributed by atoms with van der Waals surface area (Å²) in [7, 11) is 0. The molecule has 0 radical (unpaired) electrons. The van der Waals surface area contributed by atoms with Crippen molar-refractivity contribution in [1.29, 1.82) is 0 Å². The fourth-order valence-electron chi connectivity index (χ4n) is 1.41. The molecule has 0 aliphatic carbocycles. The van der Waals surface area contributed by atoms with Gasteiger partial charge in [0.05, 0.1) is 0 Å². The van der Waals surface area contributed by atoms with Crippen molar-refractivity contribution >= 4 is 12.3 Å². The molecule has 1 unspecified atom stereocenters. The Hall–Kier alpha value is -1.68. The number of carbonyl (C=O) groups is 2. The number of hydrogen-bond donors (Lipinski definition) is 1. The van der Waals surface area contributed by atoms with Gasteiger partial charge in [0.1, 0.15) is 0 Å². The smallest absolute Gasteiger partial charge is 0.275 e. The van der Waals surface area contributed by atoms with Crippen molar-refractivity contribution in [2.45, 2.75) is 33.2 Å². The Morgan fingerprint density at radius 1 is 1.47 bits per heavy atom. The van der Waals surface area contributed by atoms with Gasteiger partial charge in [-0.1, -0.05) is 25.1 Å². The maximum absolute atomic E-state index is 12.1. The topological polar surface area (TPSA) is 49.4 Å². The molecule has 4 nitrogen and oxygen atoms in total. The first-order chi connectivity index (χ1) is 8.10. The summed E-state index contributed by atoms with van der Waals surface area (Å²) >= 11 is 0. The Kier molecular flexibility index (Phi) is 4.84. The van der Waals surface area contributed by atoms with E-state index in [4.69, 9.17) is 0 Å². The van der Waals surface area contributed by atoms with Crippen LogP contribution in [0.5, 0.6) is 0 Å². The van der Waals surface area contributed by atoms with E-state index in [1.165, 1.54) is 0 Å². The van der Waals surface area contributed by atoms with Crippen molar-refractivity contribution < 1.29 is 9.59 Å². The first-order valence-electron chi connectivity index (χ1n) is 5.70. The molecule has 1 atom stereocenters. The van der Waals surface area contributed by atoms with Crippen molar-refractivity contribution in [1.82, 2.24) is 10.4 Å². The molecule has 1 aromatic rings. The molecule has 2 amide bonds. The van der Waals surface area contributed by atoms with Gasteiger partial charge in [-0.15, -0.1) is 0 Å². The molecule has 1 aromatic carbocycles. The lowest BCUT2D eigenvalue weighted by Crippen LogP contribution is -2.46. The normalized spacial score (nSPS) is 11.9. The third-order valence-corrected chi connectivity index (χ3v) is 2.67. The van der Waals surface area contributed by atoms with Crippen molar-refractivity contribution in [3.05, 3.63) is 35.4 Å². The highest BCUT2D eigenvalue weighted by Gasteiger charge is 2.17. The summed E-state index contributed by atoms with van der Waals surface area (Å²) in [6.07, 6.45) is 1.35. The van der Waals surface area contributed by atoms with Gasteiger partial charge < -0.3 is 0 Å². The van der Waals surface area contributed by atoms with Crippen LogP contribution in [0.25, 0.3) is 0 Å². The van der Waals surface area contributed by atoms with Gasteiger partial charge >= 0.3 is 0 Å². The predicted octanol–water partition coefficient (Wildman–Crippen LogP) is 1.90. The highest BCUT2D eigenvalue weighted by molar-refractivity contribution is 6.00. The summed E-state index contributed by atoms with van der Waals surface area (Å²) in [5, 5.41) is 1.01. The summed E-state index contributed by atoms with van der Waals surface area (Å²) in [6.45, 7) is 5.75. The van der Waals surface area contributed by atoms with Crippen molar-refractivity contribution in [3.63, 3.8) is 0 Å². The number of nitrogens with one attached hydrogen (secondary N) is 1. The monoisotopic (exact) mass is 234 g/mol. The van der Waals surface area contributed by atoms with Gasteiger partial charge in [0.15, 0.2) is 0 Å². The summed E-state index contributed by atoms with van der Waals surface area (Å²) in [5.74, 6) is -0.321. The van der Waals surface area contributed by atoms with E-state index in [2.05, 4.69) is 5.43 Å².